The van der Waals surface area contributed by atoms with Crippen molar-refractivity contribution in [1.82, 2.24) is 5.32 Å². The van der Waals surface area contributed by atoms with Crippen LogP contribution in [-0.2, 0) is 16.0 Å². The van der Waals surface area contributed by atoms with Crippen molar-refractivity contribution >= 4 is 11.9 Å². The van der Waals surface area contributed by atoms with Crippen molar-refractivity contribution in [3.63, 3.8) is 0 Å². The van der Waals surface area contributed by atoms with Gasteiger partial charge in [0.2, 0.25) is 0 Å². The van der Waals surface area contributed by atoms with Crippen LogP contribution in [0, 0.1) is 0 Å². The number of nitrogens with one attached hydrogen (secondary N) is 1. The van der Waals surface area contributed by atoms with E-state index in [4.69, 9.17) is 13.9 Å². The van der Waals surface area contributed by atoms with Crippen LogP contribution in [0.15, 0.2) is 47.1 Å². The van der Waals surface area contributed by atoms with E-state index in [2.05, 4.69) is 5.32 Å². The Hall–Kier alpha value is -2.76. The molecule has 1 aromatic carbocycles. The molecule has 0 radical (unpaired) electrons. The molecule has 0 bridgehead atoms. The third-order valence-corrected chi connectivity index (χ3v) is 3.22. The van der Waals surface area contributed by atoms with Crippen LogP contribution in [0.5, 0.6) is 5.75 Å². The fraction of sp³-hybridized carbons (Fsp3) is 0.294. The zero-order valence-corrected chi connectivity index (χ0v) is 13.1. The molecule has 6 heteroatoms. The Labute approximate surface area is 134 Å². The van der Waals surface area contributed by atoms with Crippen molar-refractivity contribution in [1.29, 1.82) is 0 Å². The Balaban J connectivity index is 2.09. The minimum absolute atomic E-state index is 0.147. The number of ether oxygens (including phenoxy) is 2. The number of benzene rings is 1. The zero-order chi connectivity index (χ0) is 16.7. The Morgan fingerprint density at radius 1 is 1.22 bits per heavy atom. The van der Waals surface area contributed by atoms with Crippen LogP contribution < -0.4 is 10.1 Å². The molecule has 1 amide bonds. The summed E-state index contributed by atoms with van der Waals surface area (Å²) in [7, 11) is 1.58. The first-order chi connectivity index (χ1) is 11.1. The summed E-state index contributed by atoms with van der Waals surface area (Å²) in [6.45, 7) is 1.96. The van der Waals surface area contributed by atoms with Gasteiger partial charge in [-0.05, 0) is 36.8 Å². The molecule has 1 atom stereocenters. The monoisotopic (exact) mass is 317 g/mol. The number of methoxy groups -OCH3 is 1. The molecular weight excluding hydrogens is 298 g/mol. The maximum Gasteiger partial charge on any atom is 0.328 e. The van der Waals surface area contributed by atoms with E-state index < -0.39 is 17.9 Å². The summed E-state index contributed by atoms with van der Waals surface area (Å²) < 4.78 is 15.2. The molecule has 2 aromatic rings. The predicted octanol–water partition coefficient (Wildman–Crippen LogP) is 2.19. The number of carbonyl (C=O) groups is 2. The summed E-state index contributed by atoms with van der Waals surface area (Å²) in [4.78, 5) is 24.2. The van der Waals surface area contributed by atoms with Gasteiger partial charge in [0.15, 0.2) is 5.76 Å². The molecule has 1 N–H and O–H groups in total. The highest BCUT2D eigenvalue weighted by Gasteiger charge is 2.24. The first kappa shape index (κ1) is 16.6. The minimum atomic E-state index is -0.791. The first-order valence-electron chi connectivity index (χ1n) is 7.28. The molecule has 0 saturated carbocycles. The van der Waals surface area contributed by atoms with E-state index in [-0.39, 0.29) is 12.4 Å². The molecule has 0 saturated heterocycles. The van der Waals surface area contributed by atoms with Gasteiger partial charge in [0.1, 0.15) is 11.8 Å². The van der Waals surface area contributed by atoms with E-state index in [0.717, 1.165) is 11.3 Å². The summed E-state index contributed by atoms with van der Waals surface area (Å²) in [6, 6.07) is 9.62. The Morgan fingerprint density at radius 3 is 2.52 bits per heavy atom. The number of esters is 1. The largest absolute Gasteiger partial charge is 0.497 e. The lowest BCUT2D eigenvalue weighted by atomic mass is 10.1. The van der Waals surface area contributed by atoms with E-state index in [0.29, 0.717) is 6.42 Å². The molecular formula is C17H19NO5. The molecule has 23 heavy (non-hydrogen) atoms. The second kappa shape index (κ2) is 8.03. The van der Waals surface area contributed by atoms with E-state index in [1.807, 2.05) is 12.1 Å². The highest BCUT2D eigenvalue weighted by Crippen LogP contribution is 2.13. The number of hydrogen-bond acceptors (Lipinski definition) is 5. The van der Waals surface area contributed by atoms with Gasteiger partial charge >= 0.3 is 5.97 Å². The van der Waals surface area contributed by atoms with Crippen molar-refractivity contribution in [3.05, 3.63) is 54.0 Å². The summed E-state index contributed by atoms with van der Waals surface area (Å²) in [5, 5.41) is 2.64. The van der Waals surface area contributed by atoms with E-state index in [1.54, 1.807) is 32.2 Å². The highest BCUT2D eigenvalue weighted by atomic mass is 16.5. The fourth-order valence-electron chi connectivity index (χ4n) is 2.07. The number of carbonyl (C=O) groups excluding carboxylic acids is 2. The van der Waals surface area contributed by atoms with E-state index in [9.17, 15) is 9.59 Å². The molecule has 6 nitrogen and oxygen atoms in total. The quantitative estimate of drug-likeness (QED) is 0.792. The maximum absolute atomic E-state index is 12.1. The van der Waals surface area contributed by atoms with Gasteiger partial charge in [-0.2, -0.15) is 0 Å². The van der Waals surface area contributed by atoms with Crippen LogP contribution in [0.1, 0.15) is 23.0 Å². The van der Waals surface area contributed by atoms with Gasteiger partial charge in [0.25, 0.3) is 5.91 Å². The van der Waals surface area contributed by atoms with Crippen molar-refractivity contribution < 1.29 is 23.5 Å². The minimum Gasteiger partial charge on any atom is -0.497 e. The third kappa shape index (κ3) is 4.60. The lowest BCUT2D eigenvalue weighted by molar-refractivity contribution is -0.145. The third-order valence-electron chi connectivity index (χ3n) is 3.22. The second-order valence-electron chi connectivity index (χ2n) is 4.81. The summed E-state index contributed by atoms with van der Waals surface area (Å²) in [5.41, 5.74) is 0.878. The van der Waals surface area contributed by atoms with E-state index in [1.165, 1.54) is 12.3 Å². The number of rotatable bonds is 7. The molecule has 0 aliphatic rings. The first-order valence-corrected chi connectivity index (χ1v) is 7.28. The lowest BCUT2D eigenvalue weighted by Gasteiger charge is -2.17. The van der Waals surface area contributed by atoms with Crippen LogP contribution in [0.2, 0.25) is 0 Å². The van der Waals surface area contributed by atoms with Crippen LogP contribution in [0.25, 0.3) is 0 Å². The molecule has 0 aliphatic heterocycles. The van der Waals surface area contributed by atoms with Gasteiger partial charge in [-0.15, -0.1) is 0 Å². The van der Waals surface area contributed by atoms with Crippen LogP contribution in [-0.4, -0.2) is 31.6 Å². The number of amides is 1. The average molecular weight is 317 g/mol. The maximum atomic E-state index is 12.1. The van der Waals surface area contributed by atoms with Gasteiger partial charge in [-0.1, -0.05) is 12.1 Å². The average Bonchev–Trinajstić information content (AvgIpc) is 3.09. The van der Waals surface area contributed by atoms with Crippen molar-refractivity contribution in [3.8, 4) is 5.75 Å². The van der Waals surface area contributed by atoms with Gasteiger partial charge in [-0.3, -0.25) is 4.79 Å². The standard InChI is InChI=1S/C17H19NO5/c1-3-22-17(20)14(18-16(19)15-5-4-10-23-15)11-12-6-8-13(21-2)9-7-12/h4-10,14H,3,11H2,1-2H3,(H,18,19). The van der Waals surface area contributed by atoms with Crippen molar-refractivity contribution in [2.75, 3.05) is 13.7 Å². The van der Waals surface area contributed by atoms with Gasteiger partial charge in [0, 0.05) is 6.42 Å². The smallest absolute Gasteiger partial charge is 0.328 e. The SMILES string of the molecule is CCOC(=O)C(Cc1ccc(OC)cc1)NC(=O)c1ccco1. The molecule has 0 fully saturated rings. The normalized spacial score (nSPS) is 11.6. The lowest BCUT2D eigenvalue weighted by Crippen LogP contribution is -2.43. The summed E-state index contributed by atoms with van der Waals surface area (Å²) in [5.74, 6) is -0.0696. The highest BCUT2D eigenvalue weighted by molar-refractivity contribution is 5.94. The van der Waals surface area contributed by atoms with Crippen molar-refractivity contribution in [2.45, 2.75) is 19.4 Å². The van der Waals surface area contributed by atoms with Crippen LogP contribution >= 0.6 is 0 Å². The van der Waals surface area contributed by atoms with E-state index >= 15 is 0 Å². The molecule has 1 aromatic heterocycles. The zero-order valence-electron chi connectivity index (χ0n) is 13.1. The Morgan fingerprint density at radius 2 is 1.96 bits per heavy atom. The fourth-order valence-corrected chi connectivity index (χ4v) is 2.07. The summed E-state index contributed by atoms with van der Waals surface area (Å²) in [6.07, 6.45) is 1.72. The Bertz CT molecular complexity index is 634. The molecule has 1 heterocycles. The van der Waals surface area contributed by atoms with Gasteiger partial charge in [0.05, 0.1) is 20.0 Å². The number of hydrogen-bond donors (Lipinski definition) is 1. The number of furan rings is 1. The predicted molar refractivity (Wildman–Crippen MR) is 83.3 cm³/mol. The molecule has 2 rings (SSSR count). The molecule has 122 valence electrons. The Kier molecular flexibility index (Phi) is 5.80. The topological polar surface area (TPSA) is 77.8 Å². The van der Waals surface area contributed by atoms with Crippen molar-refractivity contribution in [2.24, 2.45) is 0 Å². The second-order valence-corrected chi connectivity index (χ2v) is 4.81. The molecule has 1 unspecified atom stereocenters. The van der Waals surface area contributed by atoms with Gasteiger partial charge < -0.3 is 19.2 Å². The molecule has 0 aliphatic carbocycles. The van der Waals surface area contributed by atoms with Crippen LogP contribution in [0.3, 0.4) is 0 Å². The molecule has 0 spiro atoms. The summed E-state index contributed by atoms with van der Waals surface area (Å²) >= 11 is 0. The van der Waals surface area contributed by atoms with Gasteiger partial charge in [-0.25, -0.2) is 4.79 Å². The van der Waals surface area contributed by atoms with Crippen LogP contribution in [0.4, 0.5) is 0 Å².